The first-order chi connectivity index (χ1) is 13.7. The van der Waals surface area contributed by atoms with E-state index in [1.54, 1.807) is 18.2 Å². The number of alkyl carbamates (subject to hydrolysis) is 1. The number of benzene rings is 2. The van der Waals surface area contributed by atoms with Gasteiger partial charge in [-0.1, -0.05) is 30.3 Å². The zero-order valence-corrected chi connectivity index (χ0v) is 14.9. The van der Waals surface area contributed by atoms with Crippen molar-refractivity contribution in [3.63, 3.8) is 0 Å². The molecule has 3 amide bonds. The van der Waals surface area contributed by atoms with Crippen molar-refractivity contribution in [1.29, 1.82) is 0 Å². The van der Waals surface area contributed by atoms with Crippen molar-refractivity contribution >= 4 is 17.9 Å². The third-order valence-electron chi connectivity index (χ3n) is 4.23. The quantitative estimate of drug-likeness (QED) is 0.677. The van der Waals surface area contributed by atoms with Crippen molar-refractivity contribution in [2.75, 3.05) is 6.61 Å². The molecule has 2 aromatic rings. The van der Waals surface area contributed by atoms with Crippen molar-refractivity contribution in [3.8, 4) is 0 Å². The fourth-order valence-corrected chi connectivity index (χ4v) is 2.73. The lowest BCUT2D eigenvalue weighted by Crippen LogP contribution is -2.50. The number of hydrazine groups is 1. The summed E-state index contributed by atoms with van der Waals surface area (Å²) in [5.74, 6) is -1.25. The van der Waals surface area contributed by atoms with Gasteiger partial charge in [0.15, 0.2) is 0 Å². The minimum absolute atomic E-state index is 0.148. The second-order valence-corrected chi connectivity index (χ2v) is 6.27. The van der Waals surface area contributed by atoms with Crippen molar-refractivity contribution in [2.24, 2.45) is 0 Å². The van der Waals surface area contributed by atoms with Crippen LogP contribution in [0.15, 0.2) is 48.5 Å². The van der Waals surface area contributed by atoms with Crippen molar-refractivity contribution in [1.82, 2.24) is 16.2 Å². The Bertz CT molecular complexity index is 929. The highest BCUT2D eigenvalue weighted by Gasteiger charge is 2.30. The Balaban J connectivity index is 1.66. The Labute approximate surface area is 163 Å². The lowest BCUT2D eigenvalue weighted by Gasteiger charge is -2.13. The molecule has 10 heteroatoms. The Morgan fingerprint density at radius 1 is 1.07 bits per heavy atom. The van der Waals surface area contributed by atoms with Crippen LogP contribution in [0.1, 0.15) is 27.0 Å². The highest BCUT2D eigenvalue weighted by atomic mass is 19.4. The van der Waals surface area contributed by atoms with Gasteiger partial charge >= 0.3 is 12.3 Å². The smallest absolute Gasteiger partial charge is 0.416 e. The molecule has 29 heavy (non-hydrogen) atoms. The van der Waals surface area contributed by atoms with E-state index in [-0.39, 0.29) is 18.6 Å². The Hall–Kier alpha value is -3.56. The van der Waals surface area contributed by atoms with Gasteiger partial charge in [0.25, 0.3) is 11.8 Å². The van der Waals surface area contributed by atoms with Crippen LogP contribution in [0.4, 0.5) is 18.0 Å². The summed E-state index contributed by atoms with van der Waals surface area (Å²) in [7, 11) is 0. The van der Waals surface area contributed by atoms with Crippen LogP contribution in [0, 0.1) is 0 Å². The summed E-state index contributed by atoms with van der Waals surface area (Å²) < 4.78 is 42.6. The lowest BCUT2D eigenvalue weighted by atomic mass is 9.98. The van der Waals surface area contributed by atoms with E-state index in [2.05, 4.69) is 20.9 Å². The van der Waals surface area contributed by atoms with Crippen LogP contribution in [0.25, 0.3) is 0 Å². The molecule has 0 radical (unpaired) electrons. The number of halogens is 3. The van der Waals surface area contributed by atoms with Gasteiger partial charge in [-0.15, -0.1) is 0 Å². The molecule has 0 spiro atoms. The van der Waals surface area contributed by atoms with E-state index < -0.39 is 35.7 Å². The van der Waals surface area contributed by atoms with Gasteiger partial charge in [-0.05, 0) is 35.7 Å². The SMILES string of the molecule is O=C1N[C@H](C(=O)NNC(=O)c2ccccc2Cc2ccc(C(F)(F)F)cc2)CO1. The van der Waals surface area contributed by atoms with Gasteiger partial charge < -0.3 is 10.1 Å². The number of alkyl halides is 3. The van der Waals surface area contributed by atoms with E-state index in [1.165, 1.54) is 18.2 Å². The van der Waals surface area contributed by atoms with E-state index in [4.69, 9.17) is 0 Å². The van der Waals surface area contributed by atoms with E-state index >= 15 is 0 Å². The van der Waals surface area contributed by atoms with Gasteiger partial charge in [-0.3, -0.25) is 20.4 Å². The topological polar surface area (TPSA) is 96.5 Å². The van der Waals surface area contributed by atoms with E-state index in [0.29, 0.717) is 11.1 Å². The molecule has 0 aliphatic carbocycles. The van der Waals surface area contributed by atoms with Gasteiger partial charge in [0.05, 0.1) is 5.56 Å². The van der Waals surface area contributed by atoms with Gasteiger partial charge in [0, 0.05) is 5.56 Å². The molecule has 0 unspecified atom stereocenters. The summed E-state index contributed by atoms with van der Waals surface area (Å²) in [6.45, 7) is -0.148. The highest BCUT2D eigenvalue weighted by Crippen LogP contribution is 2.29. The molecule has 2 aromatic carbocycles. The lowest BCUT2D eigenvalue weighted by molar-refractivity contribution is -0.137. The first-order valence-corrected chi connectivity index (χ1v) is 8.51. The van der Waals surface area contributed by atoms with Crippen LogP contribution in [-0.2, 0) is 22.1 Å². The van der Waals surface area contributed by atoms with Crippen molar-refractivity contribution < 1.29 is 32.3 Å². The molecular weight excluding hydrogens is 391 g/mol. The molecule has 152 valence electrons. The standard InChI is InChI=1S/C19H16F3N3O4/c20-19(21,22)13-7-5-11(6-8-13)9-12-3-1-2-4-14(12)16(26)24-25-17(27)15-10-29-18(28)23-15/h1-8,15H,9-10H2,(H,23,28)(H,24,26)(H,25,27)/t15-/m0/s1. The zero-order valence-electron chi connectivity index (χ0n) is 14.9. The summed E-state index contributed by atoms with van der Waals surface area (Å²) in [6.07, 6.45) is -4.92. The third-order valence-corrected chi connectivity index (χ3v) is 4.23. The normalized spacial score (nSPS) is 16.0. The first kappa shape index (κ1) is 20.2. The zero-order chi connectivity index (χ0) is 21.0. The number of nitrogens with one attached hydrogen (secondary N) is 3. The number of hydrogen-bond donors (Lipinski definition) is 3. The number of cyclic esters (lactones) is 1. The predicted molar refractivity (Wildman–Crippen MR) is 94.6 cm³/mol. The summed E-state index contributed by atoms with van der Waals surface area (Å²) >= 11 is 0. The van der Waals surface area contributed by atoms with Gasteiger partial charge in [-0.2, -0.15) is 13.2 Å². The molecule has 0 bridgehead atoms. The highest BCUT2D eigenvalue weighted by molar-refractivity contribution is 5.97. The van der Waals surface area contributed by atoms with Gasteiger partial charge in [0.2, 0.25) is 0 Å². The fraction of sp³-hybridized carbons (Fsp3) is 0.211. The molecule has 0 saturated carbocycles. The minimum Gasteiger partial charge on any atom is -0.447 e. The maximum Gasteiger partial charge on any atom is 0.416 e. The van der Waals surface area contributed by atoms with Gasteiger partial charge in [0.1, 0.15) is 12.6 Å². The molecule has 3 rings (SSSR count). The molecule has 7 nitrogen and oxygen atoms in total. The first-order valence-electron chi connectivity index (χ1n) is 8.51. The molecule has 1 aliphatic rings. The fourth-order valence-electron chi connectivity index (χ4n) is 2.73. The number of hydrogen-bond acceptors (Lipinski definition) is 4. The Morgan fingerprint density at radius 3 is 2.38 bits per heavy atom. The van der Waals surface area contributed by atoms with E-state index in [0.717, 1.165) is 12.1 Å². The van der Waals surface area contributed by atoms with Crippen LogP contribution in [0.2, 0.25) is 0 Å². The number of amides is 3. The maximum absolute atomic E-state index is 12.7. The summed E-state index contributed by atoms with van der Waals surface area (Å²) in [5, 5.41) is 2.27. The van der Waals surface area contributed by atoms with Crippen LogP contribution in [0.3, 0.4) is 0 Å². The number of ether oxygens (including phenoxy) is 1. The predicted octanol–water partition coefficient (Wildman–Crippen LogP) is 2.17. The number of carbonyl (C=O) groups is 3. The Morgan fingerprint density at radius 2 is 1.76 bits per heavy atom. The average molecular weight is 407 g/mol. The molecule has 3 N–H and O–H groups in total. The monoisotopic (exact) mass is 407 g/mol. The Kier molecular flexibility index (Phi) is 5.71. The minimum atomic E-state index is -4.42. The molecule has 1 aliphatic heterocycles. The number of rotatable bonds is 4. The number of carbonyl (C=O) groups excluding carboxylic acids is 3. The molecular formula is C19H16F3N3O4. The summed E-state index contributed by atoms with van der Waals surface area (Å²) in [4.78, 5) is 35.3. The molecule has 1 heterocycles. The second kappa shape index (κ2) is 8.21. The molecule has 1 atom stereocenters. The summed E-state index contributed by atoms with van der Waals surface area (Å²) in [6, 6.07) is 10.3. The molecule has 1 saturated heterocycles. The summed E-state index contributed by atoms with van der Waals surface area (Å²) in [5.41, 5.74) is 5.11. The van der Waals surface area contributed by atoms with Crippen LogP contribution < -0.4 is 16.2 Å². The van der Waals surface area contributed by atoms with Crippen LogP contribution in [0.5, 0.6) is 0 Å². The molecule has 1 fully saturated rings. The largest absolute Gasteiger partial charge is 0.447 e. The van der Waals surface area contributed by atoms with Gasteiger partial charge in [-0.25, -0.2) is 4.79 Å². The second-order valence-electron chi connectivity index (χ2n) is 6.27. The van der Waals surface area contributed by atoms with Crippen LogP contribution in [-0.4, -0.2) is 30.6 Å². The molecule has 0 aromatic heterocycles. The van der Waals surface area contributed by atoms with Crippen LogP contribution >= 0.6 is 0 Å². The third kappa shape index (κ3) is 5.03. The van der Waals surface area contributed by atoms with E-state index in [9.17, 15) is 27.6 Å². The maximum atomic E-state index is 12.7. The van der Waals surface area contributed by atoms with E-state index in [1.807, 2.05) is 0 Å². The average Bonchev–Trinajstić information content (AvgIpc) is 3.12. The van der Waals surface area contributed by atoms with Crippen molar-refractivity contribution in [3.05, 3.63) is 70.8 Å². The van der Waals surface area contributed by atoms with Crippen molar-refractivity contribution in [2.45, 2.75) is 18.6 Å².